The highest BCUT2D eigenvalue weighted by Gasteiger charge is 2.42. The first-order valence-electron chi connectivity index (χ1n) is 12.7. The number of hydrogen-bond donors (Lipinski definition) is 2. The third-order valence-corrected chi connectivity index (χ3v) is 6.83. The maximum absolute atomic E-state index is 13.8. The Morgan fingerprint density at radius 1 is 1.03 bits per heavy atom. The van der Waals surface area contributed by atoms with Gasteiger partial charge in [-0.2, -0.15) is 5.10 Å². The van der Waals surface area contributed by atoms with Gasteiger partial charge in [-0.1, -0.05) is 54.4 Å². The van der Waals surface area contributed by atoms with E-state index in [4.69, 9.17) is 21.1 Å². The lowest BCUT2D eigenvalue weighted by molar-refractivity contribution is 0.0729. The monoisotopic (exact) mass is 531 g/mol. The van der Waals surface area contributed by atoms with Crippen LogP contribution in [0.15, 0.2) is 60.7 Å². The van der Waals surface area contributed by atoms with Crippen LogP contribution in [-0.2, 0) is 6.54 Å². The Labute approximate surface area is 227 Å². The standard InChI is InChI=1S/C30H30ClN3O4/c1-4-14-38-24-13-10-20(15-25(24)37-5-2)29-26-27(22-16-21(31)11-12-23(22)35)32-33-28(26)30(36)34(29)17-19-8-6-18(3)7-9-19/h6-13,15-16,29,35H,4-5,14,17H2,1-3H3,(H,32,33). The van der Waals surface area contributed by atoms with Crippen molar-refractivity contribution in [3.63, 3.8) is 0 Å². The largest absolute Gasteiger partial charge is 0.507 e. The molecular formula is C30H30ClN3O4. The maximum Gasteiger partial charge on any atom is 0.273 e. The zero-order chi connectivity index (χ0) is 26.8. The summed E-state index contributed by atoms with van der Waals surface area (Å²) in [6.45, 7) is 7.45. The number of halogens is 1. The van der Waals surface area contributed by atoms with Crippen LogP contribution in [0.4, 0.5) is 0 Å². The van der Waals surface area contributed by atoms with E-state index in [1.54, 1.807) is 12.1 Å². The Balaban J connectivity index is 1.66. The second-order valence-corrected chi connectivity index (χ2v) is 9.77. The molecule has 1 aliphatic heterocycles. The minimum Gasteiger partial charge on any atom is -0.507 e. The van der Waals surface area contributed by atoms with E-state index in [1.165, 1.54) is 6.07 Å². The lowest BCUT2D eigenvalue weighted by Crippen LogP contribution is -2.29. The Bertz CT molecular complexity index is 1470. The van der Waals surface area contributed by atoms with Crippen molar-refractivity contribution in [2.24, 2.45) is 0 Å². The van der Waals surface area contributed by atoms with Crippen molar-refractivity contribution in [3.8, 4) is 28.5 Å². The molecule has 38 heavy (non-hydrogen) atoms. The molecule has 1 unspecified atom stereocenters. The number of aromatic nitrogens is 2. The number of nitrogens with one attached hydrogen (secondary N) is 1. The quantitative estimate of drug-likeness (QED) is 0.251. The average molecular weight is 532 g/mol. The van der Waals surface area contributed by atoms with Gasteiger partial charge in [0.1, 0.15) is 17.1 Å². The number of rotatable bonds is 9. The van der Waals surface area contributed by atoms with E-state index < -0.39 is 6.04 Å². The second-order valence-electron chi connectivity index (χ2n) is 9.33. The third-order valence-electron chi connectivity index (χ3n) is 6.60. The molecule has 0 fully saturated rings. The number of fused-ring (bicyclic) bond motifs is 1. The molecule has 1 aromatic heterocycles. The van der Waals surface area contributed by atoms with Crippen molar-refractivity contribution in [1.82, 2.24) is 15.1 Å². The number of hydrogen-bond acceptors (Lipinski definition) is 5. The molecule has 1 aliphatic rings. The molecule has 1 atom stereocenters. The number of carbonyl (C=O) groups is 1. The van der Waals surface area contributed by atoms with Gasteiger partial charge in [-0.15, -0.1) is 0 Å². The molecule has 5 rings (SSSR count). The molecule has 2 heterocycles. The van der Waals surface area contributed by atoms with Crippen molar-refractivity contribution >= 4 is 17.5 Å². The zero-order valence-electron chi connectivity index (χ0n) is 21.6. The summed E-state index contributed by atoms with van der Waals surface area (Å²) in [5, 5.41) is 18.5. The van der Waals surface area contributed by atoms with E-state index in [-0.39, 0.29) is 11.7 Å². The van der Waals surface area contributed by atoms with Crippen molar-refractivity contribution in [2.45, 2.75) is 39.8 Å². The maximum atomic E-state index is 13.8. The number of nitrogens with zero attached hydrogens (tertiary/aromatic N) is 2. The summed E-state index contributed by atoms with van der Waals surface area (Å²) in [5.74, 6) is 1.14. The Kier molecular flexibility index (Phi) is 7.29. The molecule has 0 saturated carbocycles. The summed E-state index contributed by atoms with van der Waals surface area (Å²) in [4.78, 5) is 15.6. The predicted molar refractivity (Wildman–Crippen MR) is 147 cm³/mol. The molecule has 0 aliphatic carbocycles. The summed E-state index contributed by atoms with van der Waals surface area (Å²) in [7, 11) is 0. The average Bonchev–Trinajstić information content (AvgIpc) is 3.45. The van der Waals surface area contributed by atoms with Gasteiger partial charge in [0.05, 0.1) is 19.3 Å². The summed E-state index contributed by atoms with van der Waals surface area (Å²) in [6, 6.07) is 18.2. The third kappa shape index (κ3) is 4.82. The summed E-state index contributed by atoms with van der Waals surface area (Å²) in [6.07, 6.45) is 0.875. The molecule has 4 aromatic rings. The highest BCUT2D eigenvalue weighted by atomic mass is 35.5. The van der Waals surface area contributed by atoms with Crippen LogP contribution < -0.4 is 9.47 Å². The summed E-state index contributed by atoms with van der Waals surface area (Å²) < 4.78 is 11.9. The molecule has 7 nitrogen and oxygen atoms in total. The number of phenols is 1. The zero-order valence-corrected chi connectivity index (χ0v) is 22.4. The summed E-state index contributed by atoms with van der Waals surface area (Å²) >= 11 is 6.27. The normalized spacial score (nSPS) is 14.6. The molecule has 0 spiro atoms. The fraction of sp³-hybridized carbons (Fsp3) is 0.267. The van der Waals surface area contributed by atoms with Crippen LogP contribution in [0.2, 0.25) is 5.02 Å². The molecule has 0 radical (unpaired) electrons. The van der Waals surface area contributed by atoms with Crippen molar-refractivity contribution < 1.29 is 19.4 Å². The molecule has 1 amide bonds. The number of ether oxygens (including phenoxy) is 2. The number of carbonyl (C=O) groups excluding carboxylic acids is 1. The molecule has 8 heteroatoms. The van der Waals surface area contributed by atoms with Crippen LogP contribution in [0.25, 0.3) is 11.3 Å². The molecule has 0 saturated heterocycles. The first-order chi connectivity index (χ1) is 18.4. The number of H-pyrrole nitrogens is 1. The van der Waals surface area contributed by atoms with Crippen LogP contribution in [0.3, 0.4) is 0 Å². The van der Waals surface area contributed by atoms with Crippen molar-refractivity contribution in [1.29, 1.82) is 0 Å². The van der Waals surface area contributed by atoms with Gasteiger partial charge >= 0.3 is 0 Å². The van der Waals surface area contributed by atoms with E-state index in [0.29, 0.717) is 58.8 Å². The minimum absolute atomic E-state index is 0.0326. The Morgan fingerprint density at radius 2 is 1.82 bits per heavy atom. The van der Waals surface area contributed by atoms with Crippen LogP contribution in [0, 0.1) is 6.92 Å². The van der Waals surface area contributed by atoms with E-state index in [0.717, 1.165) is 23.1 Å². The van der Waals surface area contributed by atoms with Gasteiger partial charge < -0.3 is 19.5 Å². The van der Waals surface area contributed by atoms with Gasteiger partial charge in [0.25, 0.3) is 5.91 Å². The number of amides is 1. The second kappa shape index (κ2) is 10.8. The van der Waals surface area contributed by atoms with E-state index in [9.17, 15) is 9.90 Å². The Morgan fingerprint density at radius 3 is 2.55 bits per heavy atom. The SMILES string of the molecule is CCCOc1ccc(C2c3c(-c4cc(Cl)ccc4O)n[nH]c3C(=O)N2Cc2ccc(C)cc2)cc1OCC. The smallest absolute Gasteiger partial charge is 0.273 e. The van der Waals surface area contributed by atoms with Crippen LogP contribution in [-0.4, -0.2) is 39.3 Å². The number of aromatic amines is 1. The van der Waals surface area contributed by atoms with Gasteiger partial charge in [0, 0.05) is 22.7 Å². The summed E-state index contributed by atoms with van der Waals surface area (Å²) in [5.41, 5.74) is 5.01. The highest BCUT2D eigenvalue weighted by molar-refractivity contribution is 6.31. The molecular weight excluding hydrogens is 502 g/mol. The molecule has 3 aromatic carbocycles. The van der Waals surface area contributed by atoms with Crippen molar-refractivity contribution in [2.75, 3.05) is 13.2 Å². The van der Waals surface area contributed by atoms with Crippen LogP contribution in [0.1, 0.15) is 59.1 Å². The van der Waals surface area contributed by atoms with Gasteiger partial charge in [0.2, 0.25) is 0 Å². The molecule has 2 N–H and O–H groups in total. The van der Waals surface area contributed by atoms with E-state index in [2.05, 4.69) is 17.1 Å². The number of aromatic hydroxyl groups is 1. The van der Waals surface area contributed by atoms with Gasteiger partial charge in [-0.3, -0.25) is 9.89 Å². The predicted octanol–water partition coefficient (Wildman–Crippen LogP) is 6.68. The highest BCUT2D eigenvalue weighted by Crippen LogP contribution is 2.46. The first-order valence-corrected chi connectivity index (χ1v) is 13.1. The molecule has 196 valence electrons. The van der Waals surface area contributed by atoms with Gasteiger partial charge in [0.15, 0.2) is 11.5 Å². The van der Waals surface area contributed by atoms with Crippen molar-refractivity contribution in [3.05, 3.63) is 93.6 Å². The molecule has 0 bridgehead atoms. The minimum atomic E-state index is -0.481. The fourth-order valence-electron chi connectivity index (χ4n) is 4.79. The number of phenolic OH excluding ortho intramolecular Hbond substituents is 1. The number of benzene rings is 3. The van der Waals surface area contributed by atoms with E-state index in [1.807, 2.05) is 61.2 Å². The van der Waals surface area contributed by atoms with Crippen LogP contribution >= 0.6 is 11.6 Å². The topological polar surface area (TPSA) is 87.7 Å². The van der Waals surface area contributed by atoms with E-state index >= 15 is 0 Å². The first kappa shape index (κ1) is 25.7. The van der Waals surface area contributed by atoms with Gasteiger partial charge in [-0.25, -0.2) is 0 Å². The van der Waals surface area contributed by atoms with Crippen LogP contribution in [0.5, 0.6) is 17.2 Å². The Hall–Kier alpha value is -3.97. The number of aryl methyl sites for hydroxylation is 1. The van der Waals surface area contributed by atoms with Gasteiger partial charge in [-0.05, 0) is 61.7 Å². The lowest BCUT2D eigenvalue weighted by atomic mass is 9.95. The lowest BCUT2D eigenvalue weighted by Gasteiger charge is -2.27. The fourth-order valence-corrected chi connectivity index (χ4v) is 4.97.